The van der Waals surface area contributed by atoms with Gasteiger partial charge in [0, 0.05) is 40.7 Å². The van der Waals surface area contributed by atoms with Gasteiger partial charge in [-0.25, -0.2) is 18.6 Å². The molecule has 0 saturated carbocycles. The molecule has 0 aliphatic rings. The molecule has 0 saturated heterocycles. The lowest BCUT2D eigenvalue weighted by Gasteiger charge is -2.06. The van der Waals surface area contributed by atoms with Crippen LogP contribution in [0.3, 0.4) is 0 Å². The number of nitrogens with zero attached hydrogens (tertiary/aromatic N) is 2. The highest BCUT2D eigenvalue weighted by atomic mass is 35.5. The fourth-order valence-electron chi connectivity index (χ4n) is 3.39. The van der Waals surface area contributed by atoms with Gasteiger partial charge in [-0.15, -0.1) is 11.3 Å². The normalized spacial score (nSPS) is 11.4. The van der Waals surface area contributed by atoms with Crippen molar-refractivity contribution in [3.63, 3.8) is 0 Å². The van der Waals surface area contributed by atoms with E-state index in [0.717, 1.165) is 16.0 Å². The molecule has 0 unspecified atom stereocenters. The summed E-state index contributed by atoms with van der Waals surface area (Å²) in [7, 11) is 0. The van der Waals surface area contributed by atoms with Crippen molar-refractivity contribution < 1.29 is 13.5 Å². The second-order valence-corrected chi connectivity index (χ2v) is 8.41. The summed E-state index contributed by atoms with van der Waals surface area (Å²) in [5, 5.41) is 0.947. The molecule has 3 aromatic heterocycles. The molecule has 32 heavy (non-hydrogen) atoms. The highest BCUT2D eigenvalue weighted by Crippen LogP contribution is 2.37. The van der Waals surface area contributed by atoms with Gasteiger partial charge in [-0.1, -0.05) is 18.5 Å². The number of nitrogens with one attached hydrogen (secondary N) is 1. The Bertz CT molecular complexity index is 1360. The monoisotopic (exact) mass is 477 g/mol. The van der Waals surface area contributed by atoms with E-state index in [0.29, 0.717) is 33.3 Å². The molecule has 4 rings (SSSR count). The fourth-order valence-corrected chi connectivity index (χ4v) is 4.92. The largest absolute Gasteiger partial charge is 0.439 e. The summed E-state index contributed by atoms with van der Waals surface area (Å²) in [6.45, 7) is 1.71. The zero-order valence-electron chi connectivity index (χ0n) is 16.9. The number of aryl methyl sites for hydroxylation is 2. The third-order valence-electron chi connectivity index (χ3n) is 4.89. The van der Waals surface area contributed by atoms with Crippen LogP contribution in [0.2, 0.25) is 5.02 Å². The lowest BCUT2D eigenvalue weighted by Crippen LogP contribution is -2.30. The molecule has 166 valence electrons. The molecular weight excluding hydrogens is 460 g/mol. The van der Waals surface area contributed by atoms with Crippen molar-refractivity contribution in [1.82, 2.24) is 14.5 Å². The number of thiophene rings is 1. The molecule has 0 bridgehead atoms. The molecule has 3 heterocycles. The van der Waals surface area contributed by atoms with Gasteiger partial charge in [0.2, 0.25) is 12.3 Å². The minimum absolute atomic E-state index is 0.182. The Kier molecular flexibility index (Phi) is 6.38. The zero-order chi connectivity index (χ0) is 22.8. The molecule has 10 heteroatoms. The molecule has 0 amide bonds. The van der Waals surface area contributed by atoms with Crippen molar-refractivity contribution in [1.29, 1.82) is 0 Å². The third kappa shape index (κ3) is 4.44. The molecule has 0 radical (unpaired) electrons. The van der Waals surface area contributed by atoms with E-state index < -0.39 is 24.1 Å². The molecular formula is C22H18ClF2N3O3S. The highest BCUT2D eigenvalue weighted by Gasteiger charge is 2.20. The number of hydrogen-bond donors (Lipinski definition) is 1. The fraction of sp³-hybridized carbons (Fsp3) is 0.227. The quantitative estimate of drug-likeness (QED) is 0.382. The molecule has 0 atom stereocenters. The van der Waals surface area contributed by atoms with E-state index in [4.69, 9.17) is 16.3 Å². The first-order valence-electron chi connectivity index (χ1n) is 9.84. The van der Waals surface area contributed by atoms with Crippen molar-refractivity contribution in [3.05, 3.63) is 74.0 Å². The number of alkyl halides is 2. The number of H-pyrrole nitrogens is 1. The molecule has 0 aliphatic carbocycles. The van der Waals surface area contributed by atoms with Gasteiger partial charge in [-0.05, 0) is 42.3 Å². The third-order valence-corrected chi connectivity index (χ3v) is 6.44. The number of aromatic amines is 1. The predicted octanol–water partition coefficient (Wildman–Crippen LogP) is 5.48. The predicted molar refractivity (Wildman–Crippen MR) is 121 cm³/mol. The second-order valence-electron chi connectivity index (χ2n) is 6.98. The first-order chi connectivity index (χ1) is 15.4. The Morgan fingerprint density at radius 2 is 1.94 bits per heavy atom. The van der Waals surface area contributed by atoms with Crippen LogP contribution >= 0.6 is 22.9 Å². The van der Waals surface area contributed by atoms with Crippen LogP contribution in [-0.2, 0) is 13.0 Å². The number of benzene rings is 1. The summed E-state index contributed by atoms with van der Waals surface area (Å²) >= 11 is 7.10. The molecule has 0 aliphatic heterocycles. The number of fused-ring (bicyclic) bond motifs is 1. The number of halogens is 3. The van der Waals surface area contributed by atoms with E-state index in [2.05, 4.69) is 9.97 Å². The van der Waals surface area contributed by atoms with Crippen molar-refractivity contribution in [2.24, 2.45) is 0 Å². The van der Waals surface area contributed by atoms with Crippen molar-refractivity contribution in [3.8, 4) is 22.1 Å². The van der Waals surface area contributed by atoms with Gasteiger partial charge in [0.05, 0.1) is 5.39 Å². The molecule has 0 spiro atoms. The Morgan fingerprint density at radius 3 is 2.56 bits per heavy atom. The van der Waals surface area contributed by atoms with Crippen LogP contribution in [0.25, 0.3) is 20.7 Å². The number of pyridine rings is 1. The van der Waals surface area contributed by atoms with Gasteiger partial charge in [0.25, 0.3) is 5.56 Å². The Labute approximate surface area is 190 Å². The standard InChI is InChI=1S/C22H18ClF2N3O3S/c1-2-15-18-20(29)27-22(30)28(10-9-16(24)25)21(18)32-19(15)12-3-8-17(26-11-12)31-14-6-4-13(23)5-7-14/h3-8,11,16H,2,9-10H2,1H3,(H,27,29,30). The van der Waals surface area contributed by atoms with Crippen molar-refractivity contribution >= 4 is 33.2 Å². The van der Waals surface area contributed by atoms with Gasteiger partial charge in [0.15, 0.2) is 0 Å². The maximum Gasteiger partial charge on any atom is 0.329 e. The van der Waals surface area contributed by atoms with E-state index in [-0.39, 0.29) is 6.54 Å². The van der Waals surface area contributed by atoms with Crippen LogP contribution < -0.4 is 16.0 Å². The molecule has 4 aromatic rings. The van der Waals surface area contributed by atoms with E-state index in [1.807, 2.05) is 6.92 Å². The van der Waals surface area contributed by atoms with Crippen LogP contribution in [-0.4, -0.2) is 21.0 Å². The lowest BCUT2D eigenvalue weighted by molar-refractivity contribution is 0.131. The maximum absolute atomic E-state index is 12.8. The zero-order valence-corrected chi connectivity index (χ0v) is 18.5. The summed E-state index contributed by atoms with van der Waals surface area (Å²) in [5.74, 6) is 0.960. The first kappa shape index (κ1) is 22.2. The van der Waals surface area contributed by atoms with Crippen molar-refractivity contribution in [2.75, 3.05) is 0 Å². The average Bonchev–Trinajstić information content (AvgIpc) is 3.15. The van der Waals surface area contributed by atoms with Gasteiger partial charge < -0.3 is 4.74 Å². The number of hydrogen-bond acceptors (Lipinski definition) is 5. The Hall–Kier alpha value is -3.04. The number of ether oxygens (including phenoxy) is 1. The van der Waals surface area contributed by atoms with Gasteiger partial charge in [-0.2, -0.15) is 0 Å². The van der Waals surface area contributed by atoms with Crippen LogP contribution in [0, 0.1) is 0 Å². The average molecular weight is 478 g/mol. The summed E-state index contributed by atoms with van der Waals surface area (Å²) < 4.78 is 32.4. The van der Waals surface area contributed by atoms with Gasteiger partial charge in [0.1, 0.15) is 10.6 Å². The van der Waals surface area contributed by atoms with Crippen molar-refractivity contribution in [2.45, 2.75) is 32.7 Å². The summed E-state index contributed by atoms with van der Waals surface area (Å²) in [6.07, 6.45) is -0.890. The minimum atomic E-state index is -2.55. The molecule has 0 fully saturated rings. The summed E-state index contributed by atoms with van der Waals surface area (Å²) in [4.78, 5) is 32.6. The number of rotatable bonds is 7. The number of aromatic nitrogens is 3. The van der Waals surface area contributed by atoms with E-state index in [1.54, 1.807) is 42.6 Å². The van der Waals surface area contributed by atoms with E-state index >= 15 is 0 Å². The van der Waals surface area contributed by atoms with Crippen LogP contribution in [0.5, 0.6) is 11.6 Å². The van der Waals surface area contributed by atoms with E-state index in [1.165, 1.54) is 15.9 Å². The molecule has 6 nitrogen and oxygen atoms in total. The smallest absolute Gasteiger partial charge is 0.329 e. The lowest BCUT2D eigenvalue weighted by atomic mass is 10.1. The van der Waals surface area contributed by atoms with E-state index in [9.17, 15) is 18.4 Å². The Morgan fingerprint density at radius 1 is 1.19 bits per heavy atom. The molecule has 1 aromatic carbocycles. The second kappa shape index (κ2) is 9.22. The minimum Gasteiger partial charge on any atom is -0.439 e. The van der Waals surface area contributed by atoms with Crippen LogP contribution in [0.4, 0.5) is 8.78 Å². The van der Waals surface area contributed by atoms with Crippen LogP contribution in [0.15, 0.2) is 52.2 Å². The SMILES string of the molecule is CCc1c(-c2ccc(Oc3ccc(Cl)cc3)nc2)sc2c1c(=O)[nH]c(=O)n2CCC(F)F. The molecule has 1 N–H and O–H groups in total. The highest BCUT2D eigenvalue weighted by molar-refractivity contribution is 7.22. The maximum atomic E-state index is 12.8. The van der Waals surface area contributed by atoms with Gasteiger partial charge in [-0.3, -0.25) is 14.3 Å². The summed E-state index contributed by atoms with van der Waals surface area (Å²) in [6, 6.07) is 10.4. The Balaban J connectivity index is 1.74. The van der Waals surface area contributed by atoms with Gasteiger partial charge >= 0.3 is 5.69 Å². The van der Waals surface area contributed by atoms with Crippen LogP contribution in [0.1, 0.15) is 18.9 Å². The summed E-state index contributed by atoms with van der Waals surface area (Å²) in [5.41, 5.74) is 0.265. The topological polar surface area (TPSA) is 77.0 Å². The first-order valence-corrected chi connectivity index (χ1v) is 11.0.